The molecule has 0 spiro atoms. The first-order chi connectivity index (χ1) is 10.8. The number of hydrogen-bond acceptors (Lipinski definition) is 4. The molecule has 0 aliphatic carbocycles. The zero-order chi connectivity index (χ0) is 17.0. The number of urea groups is 1. The highest BCUT2D eigenvalue weighted by molar-refractivity contribution is 5.88. The lowest BCUT2D eigenvalue weighted by Crippen LogP contribution is -2.41. The zero-order valence-corrected chi connectivity index (χ0v) is 11.8. The Labute approximate surface area is 128 Å². The van der Waals surface area contributed by atoms with Crippen molar-refractivity contribution in [2.75, 3.05) is 13.1 Å². The van der Waals surface area contributed by atoms with Crippen molar-refractivity contribution in [2.24, 2.45) is 0 Å². The third kappa shape index (κ3) is 4.18. The van der Waals surface area contributed by atoms with Gasteiger partial charge in [0.05, 0.1) is 6.54 Å². The van der Waals surface area contributed by atoms with Gasteiger partial charge in [0.25, 0.3) is 0 Å². The normalized spacial score (nSPS) is 14.7. The number of aromatic carboxylic acids is 1. The van der Waals surface area contributed by atoms with Crippen molar-refractivity contribution in [1.29, 1.82) is 0 Å². The number of nitrogens with one attached hydrogen (secondary N) is 1. The standard InChI is InChI=1S/C13H13F3N4O3/c14-13(15,16)10-8(11(21)22)6-17-9(19-10)7-18-12(23)20-4-2-1-3-5-20/h1-2,6H,3-5,7H2,(H,18,23)(H,21,22). The molecule has 2 amide bonds. The Kier molecular flexibility index (Phi) is 4.82. The molecule has 0 radical (unpaired) electrons. The molecule has 1 aromatic rings. The molecule has 2 rings (SSSR count). The number of amides is 2. The number of nitrogens with zero attached hydrogens (tertiary/aromatic N) is 3. The van der Waals surface area contributed by atoms with Gasteiger partial charge in [-0.3, -0.25) is 0 Å². The molecule has 0 saturated carbocycles. The summed E-state index contributed by atoms with van der Waals surface area (Å²) in [6, 6.07) is -0.450. The van der Waals surface area contributed by atoms with Crippen LogP contribution in [0.25, 0.3) is 0 Å². The molecule has 0 fully saturated rings. The Morgan fingerprint density at radius 2 is 2.09 bits per heavy atom. The average Bonchev–Trinajstić information content (AvgIpc) is 2.52. The van der Waals surface area contributed by atoms with Crippen LogP contribution in [0.2, 0.25) is 0 Å². The highest BCUT2D eigenvalue weighted by Crippen LogP contribution is 2.30. The van der Waals surface area contributed by atoms with Crippen LogP contribution in [-0.2, 0) is 12.7 Å². The molecule has 10 heteroatoms. The fourth-order valence-electron chi connectivity index (χ4n) is 1.97. The van der Waals surface area contributed by atoms with Crippen LogP contribution in [0.1, 0.15) is 28.3 Å². The van der Waals surface area contributed by atoms with E-state index in [4.69, 9.17) is 5.11 Å². The molecule has 124 valence electrons. The van der Waals surface area contributed by atoms with Crippen molar-refractivity contribution in [3.8, 4) is 0 Å². The van der Waals surface area contributed by atoms with Crippen molar-refractivity contribution >= 4 is 12.0 Å². The van der Waals surface area contributed by atoms with Crippen LogP contribution < -0.4 is 5.32 Å². The first-order valence-corrected chi connectivity index (χ1v) is 6.63. The number of alkyl halides is 3. The van der Waals surface area contributed by atoms with Crippen LogP contribution in [0.4, 0.5) is 18.0 Å². The Hall–Kier alpha value is -2.65. The number of carbonyl (C=O) groups is 2. The molecule has 1 aromatic heterocycles. The quantitative estimate of drug-likeness (QED) is 0.822. The molecule has 7 nitrogen and oxygen atoms in total. The maximum absolute atomic E-state index is 12.8. The van der Waals surface area contributed by atoms with Gasteiger partial charge in [0.1, 0.15) is 11.4 Å². The minimum absolute atomic E-state index is 0.316. The average molecular weight is 330 g/mol. The molecule has 0 bridgehead atoms. The lowest BCUT2D eigenvalue weighted by Gasteiger charge is -2.23. The maximum Gasteiger partial charge on any atom is 0.434 e. The number of carbonyl (C=O) groups excluding carboxylic acids is 1. The van der Waals surface area contributed by atoms with Gasteiger partial charge in [0.2, 0.25) is 0 Å². The van der Waals surface area contributed by atoms with Gasteiger partial charge in [0.15, 0.2) is 5.69 Å². The summed E-state index contributed by atoms with van der Waals surface area (Å²) in [5, 5.41) is 11.2. The SMILES string of the molecule is O=C(O)c1cnc(CNC(=O)N2CC=CCC2)nc1C(F)(F)F. The molecule has 1 aliphatic rings. The van der Waals surface area contributed by atoms with Gasteiger partial charge < -0.3 is 15.3 Å². The second kappa shape index (κ2) is 6.63. The summed E-state index contributed by atoms with van der Waals surface area (Å²) in [6.45, 7) is 0.593. The summed E-state index contributed by atoms with van der Waals surface area (Å²) in [5.74, 6) is -2.09. The Balaban J connectivity index is 2.10. The maximum atomic E-state index is 12.8. The van der Waals surface area contributed by atoms with Gasteiger partial charge >= 0.3 is 18.2 Å². The van der Waals surface area contributed by atoms with Gasteiger partial charge in [-0.25, -0.2) is 19.6 Å². The minimum atomic E-state index is -4.92. The molecular formula is C13H13F3N4O3. The van der Waals surface area contributed by atoms with Crippen LogP contribution in [-0.4, -0.2) is 45.1 Å². The van der Waals surface area contributed by atoms with Crippen molar-refractivity contribution in [3.05, 3.63) is 35.4 Å². The lowest BCUT2D eigenvalue weighted by molar-refractivity contribution is -0.141. The fourth-order valence-corrected chi connectivity index (χ4v) is 1.97. The molecule has 0 unspecified atom stereocenters. The summed E-state index contributed by atoms with van der Waals surface area (Å²) < 4.78 is 38.5. The van der Waals surface area contributed by atoms with E-state index in [-0.39, 0.29) is 12.4 Å². The minimum Gasteiger partial charge on any atom is -0.478 e. The number of rotatable bonds is 3. The largest absolute Gasteiger partial charge is 0.478 e. The number of aromatic nitrogens is 2. The lowest BCUT2D eigenvalue weighted by atomic mass is 10.2. The summed E-state index contributed by atoms with van der Waals surface area (Å²) >= 11 is 0. The number of halogens is 3. The van der Waals surface area contributed by atoms with Crippen LogP contribution in [0.5, 0.6) is 0 Å². The monoisotopic (exact) mass is 330 g/mol. The Morgan fingerprint density at radius 3 is 2.65 bits per heavy atom. The van der Waals surface area contributed by atoms with E-state index in [9.17, 15) is 22.8 Å². The zero-order valence-electron chi connectivity index (χ0n) is 11.8. The van der Waals surface area contributed by atoms with E-state index in [2.05, 4.69) is 15.3 Å². The topological polar surface area (TPSA) is 95.4 Å². The second-order valence-electron chi connectivity index (χ2n) is 4.72. The van der Waals surface area contributed by atoms with Crippen molar-refractivity contribution < 1.29 is 27.9 Å². The number of hydrogen-bond donors (Lipinski definition) is 2. The summed E-state index contributed by atoms with van der Waals surface area (Å²) in [6.07, 6.45) is 0.0991. The van der Waals surface area contributed by atoms with Crippen LogP contribution >= 0.6 is 0 Å². The first kappa shape index (κ1) is 16.7. The third-order valence-corrected chi connectivity index (χ3v) is 3.08. The van der Waals surface area contributed by atoms with E-state index < -0.39 is 29.4 Å². The summed E-state index contributed by atoms with van der Waals surface area (Å²) in [4.78, 5) is 30.9. The van der Waals surface area contributed by atoms with E-state index in [1.165, 1.54) is 4.90 Å². The first-order valence-electron chi connectivity index (χ1n) is 6.63. The van der Waals surface area contributed by atoms with E-state index in [1.807, 2.05) is 12.2 Å². The van der Waals surface area contributed by atoms with Crippen LogP contribution in [0.3, 0.4) is 0 Å². The van der Waals surface area contributed by atoms with Gasteiger partial charge in [0, 0.05) is 19.3 Å². The highest BCUT2D eigenvalue weighted by Gasteiger charge is 2.38. The predicted octanol–water partition coefficient (Wildman–Crippen LogP) is 1.67. The predicted molar refractivity (Wildman–Crippen MR) is 71.6 cm³/mol. The molecule has 23 heavy (non-hydrogen) atoms. The molecule has 1 aliphatic heterocycles. The summed E-state index contributed by atoms with van der Waals surface area (Å²) in [7, 11) is 0. The van der Waals surface area contributed by atoms with Gasteiger partial charge in [-0.05, 0) is 6.42 Å². The van der Waals surface area contributed by atoms with Crippen molar-refractivity contribution in [2.45, 2.75) is 19.1 Å². The molecule has 2 N–H and O–H groups in total. The van der Waals surface area contributed by atoms with E-state index in [0.717, 1.165) is 0 Å². The highest BCUT2D eigenvalue weighted by atomic mass is 19.4. The fraction of sp³-hybridized carbons (Fsp3) is 0.385. The van der Waals surface area contributed by atoms with Crippen LogP contribution in [0.15, 0.2) is 18.3 Å². The number of carboxylic acids is 1. The Morgan fingerprint density at radius 1 is 1.35 bits per heavy atom. The van der Waals surface area contributed by atoms with Crippen molar-refractivity contribution in [1.82, 2.24) is 20.2 Å². The second-order valence-corrected chi connectivity index (χ2v) is 4.72. The molecular weight excluding hydrogens is 317 g/mol. The Bertz CT molecular complexity index is 646. The van der Waals surface area contributed by atoms with Gasteiger partial charge in [-0.1, -0.05) is 12.2 Å². The van der Waals surface area contributed by atoms with E-state index in [1.54, 1.807) is 0 Å². The van der Waals surface area contributed by atoms with E-state index >= 15 is 0 Å². The van der Waals surface area contributed by atoms with Crippen molar-refractivity contribution in [3.63, 3.8) is 0 Å². The molecule has 0 aromatic carbocycles. The van der Waals surface area contributed by atoms with Gasteiger partial charge in [-0.2, -0.15) is 13.2 Å². The molecule has 0 saturated heterocycles. The summed E-state index contributed by atoms with van der Waals surface area (Å²) in [5.41, 5.74) is -2.57. The molecule has 2 heterocycles. The van der Waals surface area contributed by atoms with E-state index in [0.29, 0.717) is 25.7 Å². The third-order valence-electron chi connectivity index (χ3n) is 3.08. The van der Waals surface area contributed by atoms with Gasteiger partial charge in [-0.15, -0.1) is 0 Å². The smallest absolute Gasteiger partial charge is 0.434 e. The number of carboxylic acid groups (broad SMARTS) is 1. The molecule has 0 atom stereocenters. The van der Waals surface area contributed by atoms with Crippen LogP contribution in [0, 0.1) is 0 Å².